The summed E-state index contributed by atoms with van der Waals surface area (Å²) >= 11 is 11.8. The predicted octanol–water partition coefficient (Wildman–Crippen LogP) is 3.70. The monoisotopic (exact) mass is 317 g/mol. The fourth-order valence-corrected chi connectivity index (χ4v) is 2.67. The topological polar surface area (TPSA) is 67.2 Å². The number of rotatable bonds is 4. The van der Waals surface area contributed by atoms with Gasteiger partial charge in [-0.25, -0.2) is 0 Å². The summed E-state index contributed by atoms with van der Waals surface area (Å²) in [5.41, 5.74) is 0.506. The number of halogens is 2. The van der Waals surface area contributed by atoms with Crippen molar-refractivity contribution in [3.05, 3.63) is 32.3 Å². The molecule has 2 rings (SSSR count). The Morgan fingerprint density at radius 2 is 1.95 bits per heavy atom. The summed E-state index contributed by atoms with van der Waals surface area (Å²) in [6.45, 7) is 4.81. The molecule has 1 fully saturated rings. The summed E-state index contributed by atoms with van der Waals surface area (Å²) in [6, 6.07) is 2.81. The van der Waals surface area contributed by atoms with Gasteiger partial charge in [0.05, 0.1) is 15.0 Å². The molecule has 1 aliphatic heterocycles. The van der Waals surface area contributed by atoms with Crippen molar-refractivity contribution in [3.8, 4) is 0 Å². The van der Waals surface area contributed by atoms with E-state index in [1.165, 1.54) is 12.1 Å². The van der Waals surface area contributed by atoms with Crippen LogP contribution < -0.4 is 10.6 Å². The first-order valence-corrected chi connectivity index (χ1v) is 7.25. The van der Waals surface area contributed by atoms with Gasteiger partial charge in [0, 0.05) is 12.6 Å². The number of nitrogens with one attached hydrogen (secondary N) is 2. The summed E-state index contributed by atoms with van der Waals surface area (Å²) in [5.74, 6) is 0. The van der Waals surface area contributed by atoms with E-state index >= 15 is 0 Å². The Bertz CT molecular complexity index is 517. The zero-order chi connectivity index (χ0) is 14.8. The van der Waals surface area contributed by atoms with Crippen molar-refractivity contribution < 1.29 is 4.92 Å². The van der Waals surface area contributed by atoms with Gasteiger partial charge in [0.25, 0.3) is 5.69 Å². The Morgan fingerprint density at radius 3 is 2.55 bits per heavy atom. The highest BCUT2D eigenvalue weighted by Crippen LogP contribution is 2.35. The van der Waals surface area contributed by atoms with Crippen molar-refractivity contribution in [1.82, 2.24) is 5.32 Å². The molecule has 2 N–H and O–H groups in total. The van der Waals surface area contributed by atoms with E-state index in [-0.39, 0.29) is 16.1 Å². The molecule has 1 aromatic carbocycles. The molecule has 0 saturated carbocycles. The van der Waals surface area contributed by atoms with Gasteiger partial charge in [-0.3, -0.25) is 10.1 Å². The molecule has 0 bridgehead atoms. The maximum atomic E-state index is 11.1. The van der Waals surface area contributed by atoms with Gasteiger partial charge in [0.15, 0.2) is 0 Å². The third-order valence-corrected chi connectivity index (χ3v) is 4.47. The van der Waals surface area contributed by atoms with E-state index in [9.17, 15) is 10.1 Å². The number of anilines is 1. The SMILES string of the molecule is CC1(CNc2cc(Cl)c(Cl)cc2[N+](=O)[O-])CCNCC1. The Balaban J connectivity index is 2.16. The van der Waals surface area contributed by atoms with Crippen LogP contribution in [0.2, 0.25) is 10.0 Å². The highest BCUT2D eigenvalue weighted by Gasteiger charge is 2.27. The number of nitrogens with zero attached hydrogens (tertiary/aromatic N) is 1. The minimum atomic E-state index is -0.449. The first-order chi connectivity index (χ1) is 9.41. The average molecular weight is 318 g/mol. The van der Waals surface area contributed by atoms with E-state index in [0.29, 0.717) is 17.3 Å². The molecule has 20 heavy (non-hydrogen) atoms. The molecule has 0 aromatic heterocycles. The zero-order valence-electron chi connectivity index (χ0n) is 11.2. The molecule has 5 nitrogen and oxygen atoms in total. The van der Waals surface area contributed by atoms with Gasteiger partial charge >= 0.3 is 0 Å². The van der Waals surface area contributed by atoms with Crippen molar-refractivity contribution >= 4 is 34.6 Å². The lowest BCUT2D eigenvalue weighted by Gasteiger charge is -2.34. The van der Waals surface area contributed by atoms with Gasteiger partial charge in [-0.15, -0.1) is 0 Å². The van der Waals surface area contributed by atoms with Crippen LogP contribution in [-0.4, -0.2) is 24.6 Å². The second kappa shape index (κ2) is 6.16. The first-order valence-electron chi connectivity index (χ1n) is 6.49. The number of nitro benzene ring substituents is 1. The molecule has 0 amide bonds. The molecule has 0 atom stereocenters. The Kier molecular flexibility index (Phi) is 4.73. The summed E-state index contributed by atoms with van der Waals surface area (Å²) in [7, 11) is 0. The van der Waals surface area contributed by atoms with E-state index in [4.69, 9.17) is 23.2 Å². The van der Waals surface area contributed by atoms with Gasteiger partial charge in [-0.2, -0.15) is 0 Å². The van der Waals surface area contributed by atoms with Gasteiger partial charge < -0.3 is 10.6 Å². The standard InChI is InChI=1S/C13H17Cl2N3O2/c1-13(2-4-16-5-3-13)8-17-11-6-9(14)10(15)7-12(11)18(19)20/h6-7,16-17H,2-5,8H2,1H3. The zero-order valence-corrected chi connectivity index (χ0v) is 12.7. The molecule has 7 heteroatoms. The largest absolute Gasteiger partial charge is 0.379 e. The third kappa shape index (κ3) is 3.53. The molecular formula is C13H17Cl2N3O2. The summed E-state index contributed by atoms with van der Waals surface area (Å²) in [5, 5.41) is 18.0. The fraction of sp³-hybridized carbons (Fsp3) is 0.538. The molecule has 1 saturated heterocycles. The van der Waals surface area contributed by atoms with Gasteiger partial charge in [-0.1, -0.05) is 30.1 Å². The number of piperidine rings is 1. The Hall–Kier alpha value is -1.04. The molecule has 1 heterocycles. The predicted molar refractivity (Wildman–Crippen MR) is 81.8 cm³/mol. The minimum Gasteiger partial charge on any atom is -0.379 e. The summed E-state index contributed by atoms with van der Waals surface area (Å²) < 4.78 is 0. The van der Waals surface area contributed by atoms with Gasteiger partial charge in [0.2, 0.25) is 0 Å². The molecule has 0 radical (unpaired) electrons. The number of hydrogen-bond acceptors (Lipinski definition) is 4. The maximum Gasteiger partial charge on any atom is 0.293 e. The Morgan fingerprint density at radius 1 is 1.35 bits per heavy atom. The van der Waals surface area contributed by atoms with E-state index in [1.807, 2.05) is 0 Å². The van der Waals surface area contributed by atoms with Gasteiger partial charge in [-0.05, 0) is 37.4 Å². The summed E-state index contributed by atoms with van der Waals surface area (Å²) in [4.78, 5) is 10.6. The maximum absolute atomic E-state index is 11.1. The smallest absolute Gasteiger partial charge is 0.293 e. The van der Waals surface area contributed by atoms with Crippen LogP contribution in [0.5, 0.6) is 0 Å². The lowest BCUT2D eigenvalue weighted by molar-refractivity contribution is -0.383. The molecule has 0 spiro atoms. The van der Waals surface area contributed by atoms with Crippen molar-refractivity contribution in [2.24, 2.45) is 5.41 Å². The highest BCUT2D eigenvalue weighted by molar-refractivity contribution is 6.42. The second-order valence-electron chi connectivity index (χ2n) is 5.45. The molecule has 1 aromatic rings. The second-order valence-corrected chi connectivity index (χ2v) is 6.27. The molecule has 110 valence electrons. The van der Waals surface area contributed by atoms with Crippen molar-refractivity contribution in [3.63, 3.8) is 0 Å². The third-order valence-electron chi connectivity index (χ3n) is 3.75. The molecule has 0 aliphatic carbocycles. The van der Waals surface area contributed by atoms with Crippen LogP contribution in [0.4, 0.5) is 11.4 Å². The first kappa shape index (κ1) is 15.4. The van der Waals surface area contributed by atoms with Crippen molar-refractivity contribution in [2.75, 3.05) is 25.0 Å². The molecular weight excluding hydrogens is 301 g/mol. The van der Waals surface area contributed by atoms with Crippen LogP contribution in [0.25, 0.3) is 0 Å². The lowest BCUT2D eigenvalue weighted by atomic mass is 9.81. The van der Waals surface area contributed by atoms with E-state index < -0.39 is 4.92 Å². The quantitative estimate of drug-likeness (QED) is 0.656. The minimum absolute atomic E-state index is 0.0445. The lowest BCUT2D eigenvalue weighted by Crippen LogP contribution is -2.39. The van der Waals surface area contributed by atoms with Crippen molar-refractivity contribution in [1.29, 1.82) is 0 Å². The summed E-state index contributed by atoms with van der Waals surface area (Å²) in [6.07, 6.45) is 2.07. The van der Waals surface area contributed by atoms with E-state index in [2.05, 4.69) is 17.6 Å². The normalized spacial score (nSPS) is 17.8. The van der Waals surface area contributed by atoms with E-state index in [0.717, 1.165) is 25.9 Å². The number of benzene rings is 1. The number of hydrogen-bond donors (Lipinski definition) is 2. The van der Waals surface area contributed by atoms with Crippen LogP contribution in [0, 0.1) is 15.5 Å². The van der Waals surface area contributed by atoms with Crippen LogP contribution in [0.15, 0.2) is 12.1 Å². The fourth-order valence-electron chi connectivity index (χ4n) is 2.34. The van der Waals surface area contributed by atoms with Crippen molar-refractivity contribution in [2.45, 2.75) is 19.8 Å². The highest BCUT2D eigenvalue weighted by atomic mass is 35.5. The average Bonchev–Trinajstić information content (AvgIpc) is 2.40. The molecule has 1 aliphatic rings. The van der Waals surface area contributed by atoms with Crippen LogP contribution in [0.1, 0.15) is 19.8 Å². The van der Waals surface area contributed by atoms with Crippen LogP contribution in [0.3, 0.4) is 0 Å². The number of nitro groups is 1. The van der Waals surface area contributed by atoms with Crippen LogP contribution >= 0.6 is 23.2 Å². The Labute approximate surface area is 127 Å². The van der Waals surface area contributed by atoms with Crippen LogP contribution in [-0.2, 0) is 0 Å². The molecule has 0 unspecified atom stereocenters. The van der Waals surface area contributed by atoms with Gasteiger partial charge in [0.1, 0.15) is 5.69 Å². The van der Waals surface area contributed by atoms with E-state index in [1.54, 1.807) is 0 Å².